The van der Waals surface area contributed by atoms with Crippen LogP contribution >= 0.6 is 0 Å². The summed E-state index contributed by atoms with van der Waals surface area (Å²) in [5, 5.41) is 0. The van der Waals surface area contributed by atoms with Crippen LogP contribution in [0.25, 0.3) is 11.4 Å². The number of aryl methyl sites for hydroxylation is 1. The van der Waals surface area contributed by atoms with Crippen LogP contribution in [0.1, 0.15) is 29.5 Å². The second-order valence-corrected chi connectivity index (χ2v) is 7.08. The zero-order chi connectivity index (χ0) is 19.2. The number of nitrogens with one attached hydrogen (secondary N) is 1. The van der Waals surface area contributed by atoms with Gasteiger partial charge in [-0.25, -0.2) is 14.2 Å². The Morgan fingerprint density at radius 2 is 2.07 bits per heavy atom. The second-order valence-electron chi connectivity index (χ2n) is 7.08. The number of carbonyl (C=O) groups is 2. The van der Waals surface area contributed by atoms with E-state index >= 15 is 0 Å². The Labute approximate surface area is 156 Å². The fourth-order valence-corrected chi connectivity index (χ4v) is 3.80. The number of ether oxygens (including phenoxy) is 1. The molecular formula is C19H21FN4O3. The topological polar surface area (TPSA) is 78.5 Å². The van der Waals surface area contributed by atoms with Gasteiger partial charge < -0.3 is 14.6 Å². The number of aromatic amines is 1. The zero-order valence-corrected chi connectivity index (χ0v) is 15.3. The number of hydrogen-bond donors (Lipinski definition) is 1. The lowest BCUT2D eigenvalue weighted by molar-refractivity contribution is 0.0357. The molecule has 2 aliphatic rings. The predicted octanol–water partition coefficient (Wildman–Crippen LogP) is 2.58. The van der Waals surface area contributed by atoms with Crippen LogP contribution in [0, 0.1) is 12.7 Å². The fourth-order valence-electron chi connectivity index (χ4n) is 3.80. The molecule has 1 N–H and O–H groups in total. The monoisotopic (exact) mass is 372 g/mol. The average molecular weight is 372 g/mol. The largest absolute Gasteiger partial charge is 0.447 e. The highest BCUT2D eigenvalue weighted by Gasteiger charge is 2.50. The van der Waals surface area contributed by atoms with Crippen molar-refractivity contribution in [1.82, 2.24) is 19.8 Å². The molecule has 1 unspecified atom stereocenters. The molecule has 7 nitrogen and oxygen atoms in total. The van der Waals surface area contributed by atoms with Gasteiger partial charge in [-0.1, -0.05) is 6.92 Å². The van der Waals surface area contributed by atoms with Gasteiger partial charge in [-0.05, 0) is 37.6 Å². The SMILES string of the molecule is CCC12COC(=O)N1CCN(C(=O)c1nc(-c3ccc(F)cc3)[nH]c1C)C2. The quantitative estimate of drug-likeness (QED) is 0.898. The first-order chi connectivity index (χ1) is 12.9. The van der Waals surface area contributed by atoms with Crippen LogP contribution in [-0.4, -0.2) is 63.5 Å². The molecule has 1 atom stereocenters. The lowest BCUT2D eigenvalue weighted by atomic mass is 9.92. The highest BCUT2D eigenvalue weighted by Crippen LogP contribution is 2.32. The van der Waals surface area contributed by atoms with E-state index in [9.17, 15) is 14.0 Å². The van der Waals surface area contributed by atoms with Crippen LogP contribution < -0.4 is 0 Å². The molecule has 4 rings (SSSR count). The molecule has 2 aliphatic heterocycles. The molecule has 142 valence electrons. The molecule has 1 aromatic heterocycles. The summed E-state index contributed by atoms with van der Waals surface area (Å²) in [5.74, 6) is 0.0254. The molecule has 0 bridgehead atoms. The summed E-state index contributed by atoms with van der Waals surface area (Å²) in [6, 6.07) is 5.95. The van der Waals surface area contributed by atoms with Crippen molar-refractivity contribution < 1.29 is 18.7 Å². The van der Waals surface area contributed by atoms with E-state index in [2.05, 4.69) is 9.97 Å². The number of rotatable bonds is 3. The van der Waals surface area contributed by atoms with E-state index in [4.69, 9.17) is 4.74 Å². The van der Waals surface area contributed by atoms with Gasteiger partial charge in [0.1, 0.15) is 23.9 Å². The standard InChI is InChI=1S/C19H21FN4O3/c1-3-19-10-23(8-9-24(19)18(26)27-11-19)17(25)15-12(2)21-16(22-15)13-4-6-14(20)7-5-13/h4-7H,3,8-11H2,1-2H3,(H,21,22). The molecule has 27 heavy (non-hydrogen) atoms. The molecule has 0 spiro atoms. The normalized spacial score (nSPS) is 22.0. The summed E-state index contributed by atoms with van der Waals surface area (Å²) < 4.78 is 18.4. The average Bonchev–Trinajstić information content (AvgIpc) is 3.22. The van der Waals surface area contributed by atoms with Crippen molar-refractivity contribution in [2.24, 2.45) is 0 Å². The minimum absolute atomic E-state index is 0.177. The lowest BCUT2D eigenvalue weighted by Crippen LogP contribution is -2.62. The maximum atomic E-state index is 13.1. The first-order valence-corrected chi connectivity index (χ1v) is 9.00. The van der Waals surface area contributed by atoms with Crippen LogP contribution in [0.3, 0.4) is 0 Å². The minimum Gasteiger partial charge on any atom is -0.447 e. The van der Waals surface area contributed by atoms with Gasteiger partial charge in [0.25, 0.3) is 5.91 Å². The maximum absolute atomic E-state index is 13.1. The molecule has 2 saturated heterocycles. The number of benzene rings is 1. The van der Waals surface area contributed by atoms with Gasteiger partial charge in [0, 0.05) is 30.9 Å². The lowest BCUT2D eigenvalue weighted by Gasteiger charge is -2.44. The van der Waals surface area contributed by atoms with Gasteiger partial charge in [-0.3, -0.25) is 9.69 Å². The summed E-state index contributed by atoms with van der Waals surface area (Å²) in [6.45, 7) is 5.40. The molecular weight excluding hydrogens is 351 g/mol. The predicted molar refractivity (Wildman–Crippen MR) is 95.7 cm³/mol. The number of cyclic esters (lactones) is 1. The van der Waals surface area contributed by atoms with E-state index < -0.39 is 5.54 Å². The summed E-state index contributed by atoms with van der Waals surface area (Å²) in [4.78, 5) is 36.0. The third-order valence-corrected chi connectivity index (χ3v) is 5.49. The summed E-state index contributed by atoms with van der Waals surface area (Å²) in [5.41, 5.74) is 1.25. The van der Waals surface area contributed by atoms with Crippen LogP contribution in [0.5, 0.6) is 0 Å². The van der Waals surface area contributed by atoms with Crippen molar-refractivity contribution in [3.8, 4) is 11.4 Å². The smallest absolute Gasteiger partial charge is 0.410 e. The van der Waals surface area contributed by atoms with Gasteiger partial charge >= 0.3 is 6.09 Å². The third kappa shape index (κ3) is 2.85. The number of fused-ring (bicyclic) bond motifs is 1. The first kappa shape index (κ1) is 17.5. The number of imidazole rings is 1. The Bertz CT molecular complexity index is 895. The van der Waals surface area contributed by atoms with Gasteiger partial charge in [0.15, 0.2) is 0 Å². The molecule has 2 fully saturated rings. The molecule has 2 aromatic rings. The second kappa shape index (κ2) is 6.37. The van der Waals surface area contributed by atoms with Crippen molar-refractivity contribution >= 4 is 12.0 Å². The van der Waals surface area contributed by atoms with Gasteiger partial charge in [0.05, 0.1) is 5.54 Å². The maximum Gasteiger partial charge on any atom is 0.410 e. The van der Waals surface area contributed by atoms with E-state index in [1.54, 1.807) is 28.9 Å². The molecule has 1 aromatic carbocycles. The summed E-state index contributed by atoms with van der Waals surface area (Å²) in [7, 11) is 0. The van der Waals surface area contributed by atoms with Crippen molar-refractivity contribution in [3.63, 3.8) is 0 Å². The molecule has 0 radical (unpaired) electrons. The Morgan fingerprint density at radius 3 is 2.78 bits per heavy atom. The van der Waals surface area contributed by atoms with E-state index in [-0.39, 0.29) is 17.8 Å². The highest BCUT2D eigenvalue weighted by molar-refractivity contribution is 5.94. The Balaban J connectivity index is 1.58. The number of aromatic nitrogens is 2. The Kier molecular flexibility index (Phi) is 4.13. The third-order valence-electron chi connectivity index (χ3n) is 5.49. The minimum atomic E-state index is -0.463. The Hall–Kier alpha value is -2.90. The van der Waals surface area contributed by atoms with Crippen molar-refractivity contribution in [1.29, 1.82) is 0 Å². The Morgan fingerprint density at radius 1 is 1.33 bits per heavy atom. The molecule has 2 amide bonds. The number of piperazine rings is 1. The number of hydrogen-bond acceptors (Lipinski definition) is 4. The van der Waals surface area contributed by atoms with Crippen molar-refractivity contribution in [3.05, 3.63) is 41.5 Å². The first-order valence-electron chi connectivity index (χ1n) is 9.00. The summed E-state index contributed by atoms with van der Waals surface area (Å²) >= 11 is 0. The number of halogens is 1. The number of amides is 2. The van der Waals surface area contributed by atoms with Crippen LogP contribution in [0.2, 0.25) is 0 Å². The van der Waals surface area contributed by atoms with Gasteiger partial charge in [-0.15, -0.1) is 0 Å². The molecule has 3 heterocycles. The fraction of sp³-hybridized carbons (Fsp3) is 0.421. The van der Waals surface area contributed by atoms with E-state index in [0.29, 0.717) is 55.4 Å². The highest BCUT2D eigenvalue weighted by atomic mass is 19.1. The number of nitrogens with zero attached hydrogens (tertiary/aromatic N) is 3. The van der Waals surface area contributed by atoms with Crippen molar-refractivity contribution in [2.45, 2.75) is 25.8 Å². The van der Waals surface area contributed by atoms with Crippen molar-refractivity contribution in [2.75, 3.05) is 26.2 Å². The zero-order valence-electron chi connectivity index (χ0n) is 15.3. The van der Waals surface area contributed by atoms with E-state index in [0.717, 1.165) is 0 Å². The number of H-pyrrole nitrogens is 1. The summed E-state index contributed by atoms with van der Waals surface area (Å²) in [6.07, 6.45) is 0.404. The molecule has 0 saturated carbocycles. The van der Waals surface area contributed by atoms with Crippen LogP contribution in [0.15, 0.2) is 24.3 Å². The number of carbonyl (C=O) groups excluding carboxylic acids is 2. The molecule has 0 aliphatic carbocycles. The van der Waals surface area contributed by atoms with Gasteiger partial charge in [0.2, 0.25) is 0 Å². The van der Waals surface area contributed by atoms with E-state index in [1.807, 2.05) is 6.92 Å². The van der Waals surface area contributed by atoms with E-state index in [1.165, 1.54) is 12.1 Å². The molecule has 8 heteroatoms. The van der Waals surface area contributed by atoms with Gasteiger partial charge in [-0.2, -0.15) is 0 Å². The van der Waals surface area contributed by atoms with Crippen LogP contribution in [-0.2, 0) is 4.74 Å². The van der Waals surface area contributed by atoms with Crippen LogP contribution in [0.4, 0.5) is 9.18 Å².